The third-order valence-electron chi connectivity index (χ3n) is 2.96. The maximum absolute atomic E-state index is 10.7. The number of anilines is 1. The number of carbonyl (C=O) groups is 1. The van der Waals surface area contributed by atoms with Gasteiger partial charge in [0, 0.05) is 18.3 Å². The summed E-state index contributed by atoms with van der Waals surface area (Å²) in [7, 11) is 0. The highest BCUT2D eigenvalue weighted by Gasteiger charge is 2.25. The normalized spacial score (nSPS) is 19.8. The van der Waals surface area contributed by atoms with Gasteiger partial charge in [0.1, 0.15) is 0 Å². The van der Waals surface area contributed by atoms with Gasteiger partial charge in [0.25, 0.3) is 0 Å². The molecule has 1 atom stereocenters. The summed E-state index contributed by atoms with van der Waals surface area (Å²) in [4.78, 5) is 13.0. The Morgan fingerprint density at radius 1 is 1.53 bits per heavy atom. The molecule has 1 heterocycles. The number of para-hydroxylation sites is 1. The molecule has 1 saturated heterocycles. The van der Waals surface area contributed by atoms with E-state index in [9.17, 15) is 4.79 Å². The first-order valence-electron chi connectivity index (χ1n) is 5.25. The molecule has 2 rings (SSSR count). The second-order valence-corrected chi connectivity index (χ2v) is 4.03. The molecule has 1 aliphatic heterocycles. The molecule has 3 nitrogen and oxygen atoms in total. The van der Waals surface area contributed by atoms with Crippen molar-refractivity contribution in [3.63, 3.8) is 0 Å². The molecule has 1 fully saturated rings. The number of carboxylic acid groups (broad SMARTS) is 1. The van der Waals surface area contributed by atoms with Gasteiger partial charge in [0.2, 0.25) is 0 Å². The van der Waals surface area contributed by atoms with Crippen molar-refractivity contribution in [1.29, 1.82) is 0 Å². The molecule has 0 aromatic heterocycles. The summed E-state index contributed by atoms with van der Waals surface area (Å²) in [6.45, 7) is 3.21. The van der Waals surface area contributed by atoms with Gasteiger partial charge in [-0.3, -0.25) is 4.79 Å². The molecule has 0 saturated carbocycles. The van der Waals surface area contributed by atoms with Gasteiger partial charge in [-0.25, -0.2) is 0 Å². The van der Waals surface area contributed by atoms with Crippen molar-refractivity contribution in [1.82, 2.24) is 0 Å². The lowest BCUT2D eigenvalue weighted by Gasteiger charge is -2.41. The van der Waals surface area contributed by atoms with Crippen molar-refractivity contribution < 1.29 is 9.90 Å². The van der Waals surface area contributed by atoms with Crippen molar-refractivity contribution in [2.24, 2.45) is 0 Å². The highest BCUT2D eigenvalue weighted by molar-refractivity contribution is 5.74. The molecule has 0 amide bonds. The maximum Gasteiger partial charge on any atom is 0.307 e. The number of carboxylic acids is 1. The van der Waals surface area contributed by atoms with Crippen LogP contribution >= 0.6 is 0 Å². The van der Waals surface area contributed by atoms with E-state index in [1.807, 2.05) is 24.3 Å². The zero-order valence-corrected chi connectivity index (χ0v) is 8.81. The van der Waals surface area contributed by atoms with Crippen molar-refractivity contribution in [3.05, 3.63) is 29.8 Å². The first kappa shape index (κ1) is 10.0. The van der Waals surface area contributed by atoms with Crippen LogP contribution in [0, 0.1) is 0 Å². The zero-order valence-electron chi connectivity index (χ0n) is 8.81. The SMILES string of the molecule is CC1CCN1c1ccccc1CC(=O)O. The molecule has 80 valence electrons. The number of hydrogen-bond acceptors (Lipinski definition) is 2. The van der Waals surface area contributed by atoms with Crippen LogP contribution in [0.4, 0.5) is 5.69 Å². The van der Waals surface area contributed by atoms with Gasteiger partial charge in [-0.2, -0.15) is 0 Å². The molecule has 1 aliphatic rings. The topological polar surface area (TPSA) is 40.5 Å². The van der Waals surface area contributed by atoms with E-state index in [0.717, 1.165) is 17.8 Å². The molecule has 1 N–H and O–H groups in total. The van der Waals surface area contributed by atoms with E-state index in [1.165, 1.54) is 6.42 Å². The molecule has 1 aromatic rings. The Bertz CT molecular complexity index is 376. The zero-order chi connectivity index (χ0) is 10.8. The van der Waals surface area contributed by atoms with E-state index in [2.05, 4.69) is 11.8 Å². The Morgan fingerprint density at radius 2 is 2.27 bits per heavy atom. The van der Waals surface area contributed by atoms with Gasteiger partial charge < -0.3 is 10.0 Å². The molecule has 3 heteroatoms. The number of nitrogens with zero attached hydrogens (tertiary/aromatic N) is 1. The molecule has 15 heavy (non-hydrogen) atoms. The van der Waals surface area contributed by atoms with Crippen LogP contribution in [0.25, 0.3) is 0 Å². The minimum absolute atomic E-state index is 0.111. The number of aliphatic carboxylic acids is 1. The first-order chi connectivity index (χ1) is 7.18. The van der Waals surface area contributed by atoms with E-state index >= 15 is 0 Å². The van der Waals surface area contributed by atoms with Crippen LogP contribution in [-0.4, -0.2) is 23.7 Å². The quantitative estimate of drug-likeness (QED) is 0.819. The predicted octanol–water partition coefficient (Wildman–Crippen LogP) is 1.91. The van der Waals surface area contributed by atoms with Crippen LogP contribution in [0.3, 0.4) is 0 Å². The summed E-state index contributed by atoms with van der Waals surface area (Å²) in [5.74, 6) is -0.768. The Balaban J connectivity index is 2.25. The fourth-order valence-electron chi connectivity index (χ4n) is 1.98. The third kappa shape index (κ3) is 1.96. The second kappa shape index (κ2) is 3.93. The number of hydrogen-bond donors (Lipinski definition) is 1. The Kier molecular flexibility index (Phi) is 2.62. The van der Waals surface area contributed by atoms with Crippen LogP contribution in [0.2, 0.25) is 0 Å². The maximum atomic E-state index is 10.7. The summed E-state index contributed by atoms with van der Waals surface area (Å²) in [5.41, 5.74) is 2.00. The minimum atomic E-state index is -0.768. The average Bonchev–Trinajstić information content (AvgIpc) is 2.18. The number of benzene rings is 1. The Labute approximate surface area is 89.3 Å². The van der Waals surface area contributed by atoms with E-state index in [0.29, 0.717) is 6.04 Å². The minimum Gasteiger partial charge on any atom is -0.481 e. The van der Waals surface area contributed by atoms with Gasteiger partial charge in [-0.15, -0.1) is 0 Å². The lowest BCUT2D eigenvalue weighted by molar-refractivity contribution is -0.136. The van der Waals surface area contributed by atoms with E-state index in [1.54, 1.807) is 0 Å². The van der Waals surface area contributed by atoms with Crippen LogP contribution in [-0.2, 0) is 11.2 Å². The lowest BCUT2D eigenvalue weighted by Crippen LogP contribution is -2.46. The smallest absolute Gasteiger partial charge is 0.307 e. The van der Waals surface area contributed by atoms with Crippen molar-refractivity contribution >= 4 is 11.7 Å². The third-order valence-corrected chi connectivity index (χ3v) is 2.96. The van der Waals surface area contributed by atoms with Crippen molar-refractivity contribution in [2.45, 2.75) is 25.8 Å². The second-order valence-electron chi connectivity index (χ2n) is 4.03. The van der Waals surface area contributed by atoms with Gasteiger partial charge in [-0.05, 0) is 25.0 Å². The monoisotopic (exact) mass is 205 g/mol. The van der Waals surface area contributed by atoms with E-state index in [-0.39, 0.29) is 6.42 Å². The van der Waals surface area contributed by atoms with Crippen molar-refractivity contribution in [3.8, 4) is 0 Å². The summed E-state index contributed by atoms with van der Waals surface area (Å²) in [6, 6.07) is 8.31. The molecule has 0 spiro atoms. The highest BCUT2D eigenvalue weighted by atomic mass is 16.4. The molecule has 0 radical (unpaired) electrons. The Hall–Kier alpha value is -1.51. The average molecular weight is 205 g/mol. The highest BCUT2D eigenvalue weighted by Crippen LogP contribution is 2.29. The predicted molar refractivity (Wildman–Crippen MR) is 59.2 cm³/mol. The van der Waals surface area contributed by atoms with Crippen molar-refractivity contribution in [2.75, 3.05) is 11.4 Å². The molecule has 0 aliphatic carbocycles. The summed E-state index contributed by atoms with van der Waals surface area (Å²) in [5, 5.41) is 8.81. The molecular formula is C12H15NO2. The molecular weight excluding hydrogens is 190 g/mol. The van der Waals surface area contributed by atoms with Gasteiger partial charge in [0.05, 0.1) is 6.42 Å². The van der Waals surface area contributed by atoms with Gasteiger partial charge in [0.15, 0.2) is 0 Å². The lowest BCUT2D eigenvalue weighted by atomic mass is 10.0. The van der Waals surface area contributed by atoms with Crippen LogP contribution < -0.4 is 4.90 Å². The Morgan fingerprint density at radius 3 is 2.80 bits per heavy atom. The molecule has 1 unspecified atom stereocenters. The van der Waals surface area contributed by atoms with Crippen LogP contribution in [0.1, 0.15) is 18.9 Å². The molecule has 1 aromatic carbocycles. The molecule has 0 bridgehead atoms. The van der Waals surface area contributed by atoms with E-state index in [4.69, 9.17) is 5.11 Å². The van der Waals surface area contributed by atoms with Crippen LogP contribution in [0.5, 0.6) is 0 Å². The summed E-state index contributed by atoms with van der Waals surface area (Å²) < 4.78 is 0. The fourth-order valence-corrected chi connectivity index (χ4v) is 1.98. The fraction of sp³-hybridized carbons (Fsp3) is 0.417. The van der Waals surface area contributed by atoms with Gasteiger partial charge >= 0.3 is 5.97 Å². The standard InChI is InChI=1S/C12H15NO2/c1-9-6-7-13(9)11-5-3-2-4-10(11)8-12(14)15/h2-5,9H,6-8H2,1H3,(H,14,15). The summed E-state index contributed by atoms with van der Waals surface area (Å²) >= 11 is 0. The summed E-state index contributed by atoms with van der Waals surface area (Å²) in [6.07, 6.45) is 1.31. The largest absolute Gasteiger partial charge is 0.481 e. The first-order valence-corrected chi connectivity index (χ1v) is 5.25. The van der Waals surface area contributed by atoms with Gasteiger partial charge in [-0.1, -0.05) is 18.2 Å². The van der Waals surface area contributed by atoms with Crippen LogP contribution in [0.15, 0.2) is 24.3 Å². The van der Waals surface area contributed by atoms with E-state index < -0.39 is 5.97 Å². The number of rotatable bonds is 3.